The van der Waals surface area contributed by atoms with Crippen LogP contribution in [0, 0.1) is 34.9 Å². The molecule has 1 saturated carbocycles. The van der Waals surface area contributed by atoms with Gasteiger partial charge in [0.25, 0.3) is 0 Å². The molecule has 1 aromatic carbocycles. The number of hydrogen-bond donors (Lipinski definition) is 0. The number of carbonyl (C=O) groups excluding carboxylic acids is 1. The van der Waals surface area contributed by atoms with Crippen LogP contribution in [0.5, 0.6) is 0 Å². The van der Waals surface area contributed by atoms with E-state index >= 15 is 0 Å². The highest BCUT2D eigenvalue weighted by molar-refractivity contribution is 5.87. The molecule has 0 radical (unpaired) electrons. The fraction of sp³-hybridized carbons (Fsp3) is 0.520. The summed E-state index contributed by atoms with van der Waals surface area (Å²) < 4.78 is 20.4. The minimum absolute atomic E-state index is 0.0372. The molecular formula is C25H27FN4O2. The van der Waals surface area contributed by atoms with E-state index < -0.39 is 11.3 Å². The number of carbonyl (C=O) groups is 1. The highest BCUT2D eigenvalue weighted by Gasteiger charge is 2.53. The molecule has 0 N–H and O–H groups in total. The third-order valence-electron chi connectivity index (χ3n) is 7.66. The van der Waals surface area contributed by atoms with Crippen molar-refractivity contribution in [1.29, 1.82) is 5.26 Å². The van der Waals surface area contributed by atoms with E-state index in [1.165, 1.54) is 6.07 Å². The number of nitriles is 1. The molecule has 1 aromatic heterocycles. The zero-order valence-corrected chi connectivity index (χ0v) is 18.5. The predicted molar refractivity (Wildman–Crippen MR) is 118 cm³/mol. The fourth-order valence-corrected chi connectivity index (χ4v) is 5.96. The number of anilines is 1. The Morgan fingerprint density at radius 2 is 2.00 bits per heavy atom. The van der Waals surface area contributed by atoms with Crippen LogP contribution in [-0.2, 0) is 21.4 Å². The molecule has 2 aliphatic carbocycles. The molecule has 5 rings (SSSR count). The van der Waals surface area contributed by atoms with Gasteiger partial charge in [-0.25, -0.2) is 14.4 Å². The molecule has 1 unspecified atom stereocenters. The number of hydrogen-bond acceptors (Lipinski definition) is 6. The largest absolute Gasteiger partial charge is 0.378 e. The Hall–Kier alpha value is -2.85. The van der Waals surface area contributed by atoms with E-state index in [1.54, 1.807) is 12.1 Å². The zero-order chi connectivity index (χ0) is 22.5. The lowest BCUT2D eigenvalue weighted by molar-refractivity contribution is -0.132. The van der Waals surface area contributed by atoms with Gasteiger partial charge in [-0.15, -0.1) is 0 Å². The first-order valence-electron chi connectivity index (χ1n) is 11.4. The molecular weight excluding hydrogens is 407 g/mol. The van der Waals surface area contributed by atoms with Gasteiger partial charge < -0.3 is 9.64 Å². The lowest BCUT2D eigenvalue weighted by Crippen LogP contribution is -2.51. The predicted octanol–water partition coefficient (Wildman–Crippen LogP) is 3.69. The van der Waals surface area contributed by atoms with Gasteiger partial charge in [-0.2, -0.15) is 5.26 Å². The average Bonchev–Trinajstić information content (AvgIpc) is 2.82. The summed E-state index contributed by atoms with van der Waals surface area (Å²) in [6.07, 6.45) is 1.94. The molecule has 0 bridgehead atoms. The van der Waals surface area contributed by atoms with Crippen molar-refractivity contribution in [1.82, 2.24) is 9.97 Å². The molecule has 6 nitrogen and oxygen atoms in total. The van der Waals surface area contributed by atoms with E-state index in [4.69, 9.17) is 14.7 Å². The number of nitrogens with zero attached hydrogens (tertiary/aromatic N) is 4. The van der Waals surface area contributed by atoms with E-state index in [-0.39, 0.29) is 23.4 Å². The second kappa shape index (κ2) is 7.93. The van der Waals surface area contributed by atoms with E-state index in [0.29, 0.717) is 56.4 Å². The Kier molecular flexibility index (Phi) is 5.21. The average molecular weight is 435 g/mol. The molecule has 0 amide bonds. The van der Waals surface area contributed by atoms with Crippen molar-refractivity contribution < 1.29 is 13.9 Å². The smallest absolute Gasteiger partial charge is 0.226 e. The van der Waals surface area contributed by atoms with Crippen molar-refractivity contribution in [3.8, 4) is 17.3 Å². The van der Waals surface area contributed by atoms with Crippen LogP contribution in [0.4, 0.5) is 10.3 Å². The maximum Gasteiger partial charge on any atom is 0.226 e. The first-order valence-corrected chi connectivity index (χ1v) is 11.4. The van der Waals surface area contributed by atoms with Crippen molar-refractivity contribution in [2.75, 3.05) is 31.2 Å². The number of ketones is 1. The van der Waals surface area contributed by atoms with Gasteiger partial charge in [0.1, 0.15) is 11.7 Å². The molecule has 166 valence electrons. The van der Waals surface area contributed by atoms with Crippen molar-refractivity contribution in [2.24, 2.45) is 17.8 Å². The molecule has 2 fully saturated rings. The Labute approximate surface area is 187 Å². The molecule has 3 aliphatic rings. The van der Waals surface area contributed by atoms with Crippen LogP contribution in [0.25, 0.3) is 11.3 Å². The SMILES string of the molecule is C[C@H]1C(=O)C(C#N)C[C@@]2(C)c3nc(N4CCOCC4)nc(-c4ccccc4F)c3CC[C@H]12. The molecule has 1 aliphatic heterocycles. The Bertz CT molecular complexity index is 1110. The van der Waals surface area contributed by atoms with Gasteiger partial charge in [-0.05, 0) is 37.3 Å². The lowest BCUT2D eigenvalue weighted by atomic mass is 9.54. The molecule has 0 spiro atoms. The van der Waals surface area contributed by atoms with Crippen LogP contribution >= 0.6 is 0 Å². The monoisotopic (exact) mass is 434 g/mol. The molecule has 32 heavy (non-hydrogen) atoms. The van der Waals surface area contributed by atoms with E-state index in [9.17, 15) is 14.4 Å². The Morgan fingerprint density at radius 3 is 2.72 bits per heavy atom. The van der Waals surface area contributed by atoms with Crippen molar-refractivity contribution in [3.05, 3.63) is 41.3 Å². The van der Waals surface area contributed by atoms with Gasteiger partial charge in [-0.1, -0.05) is 26.0 Å². The highest BCUT2D eigenvalue weighted by atomic mass is 19.1. The molecule has 1 saturated heterocycles. The van der Waals surface area contributed by atoms with Crippen LogP contribution < -0.4 is 4.90 Å². The third kappa shape index (κ3) is 3.20. The van der Waals surface area contributed by atoms with Crippen LogP contribution in [0.2, 0.25) is 0 Å². The van der Waals surface area contributed by atoms with Gasteiger partial charge in [-0.3, -0.25) is 4.79 Å². The molecule has 2 heterocycles. The number of fused-ring (bicyclic) bond motifs is 3. The van der Waals surface area contributed by atoms with Gasteiger partial charge in [0, 0.05) is 35.5 Å². The summed E-state index contributed by atoms with van der Waals surface area (Å²) >= 11 is 0. The quantitative estimate of drug-likeness (QED) is 0.717. The lowest BCUT2D eigenvalue weighted by Gasteiger charge is -2.49. The number of rotatable bonds is 2. The van der Waals surface area contributed by atoms with E-state index in [2.05, 4.69) is 17.9 Å². The second-order valence-electron chi connectivity index (χ2n) is 9.42. The van der Waals surface area contributed by atoms with Gasteiger partial charge in [0.15, 0.2) is 5.78 Å². The Morgan fingerprint density at radius 1 is 1.25 bits per heavy atom. The highest BCUT2D eigenvalue weighted by Crippen LogP contribution is 2.53. The maximum absolute atomic E-state index is 14.9. The first-order chi connectivity index (χ1) is 15.4. The second-order valence-corrected chi connectivity index (χ2v) is 9.42. The number of Topliss-reactive ketones (excluding diaryl/α,β-unsaturated/α-hetero) is 1. The number of halogens is 1. The zero-order valence-electron chi connectivity index (χ0n) is 18.5. The molecule has 4 atom stereocenters. The third-order valence-corrected chi connectivity index (χ3v) is 7.66. The fourth-order valence-electron chi connectivity index (χ4n) is 5.96. The summed E-state index contributed by atoms with van der Waals surface area (Å²) in [7, 11) is 0. The summed E-state index contributed by atoms with van der Waals surface area (Å²) in [6, 6.07) is 8.95. The van der Waals surface area contributed by atoms with Crippen LogP contribution in [0.1, 0.15) is 37.9 Å². The maximum atomic E-state index is 14.9. The van der Waals surface area contributed by atoms with E-state index in [1.807, 2.05) is 13.0 Å². The number of morpholine rings is 1. The topological polar surface area (TPSA) is 79.1 Å². The van der Waals surface area contributed by atoms with Crippen molar-refractivity contribution >= 4 is 11.7 Å². The van der Waals surface area contributed by atoms with Gasteiger partial charge in [0.2, 0.25) is 5.95 Å². The summed E-state index contributed by atoms with van der Waals surface area (Å²) in [5, 5.41) is 9.68. The standard InChI is InChI=1S/C25H27FN4O2/c1-15-19-8-7-18-21(17-5-3-4-6-20(17)26)28-24(30-9-11-32-12-10-30)29-23(18)25(19,2)13-16(14-27)22(15)31/h3-6,15-16,19H,7-13H2,1-2H3/t15-,16?,19-,25-/m1/s1. The Balaban J connectivity index is 1.72. The van der Waals surface area contributed by atoms with Gasteiger partial charge >= 0.3 is 0 Å². The van der Waals surface area contributed by atoms with E-state index in [0.717, 1.165) is 17.7 Å². The summed E-state index contributed by atoms with van der Waals surface area (Å²) in [6.45, 7) is 6.61. The minimum atomic E-state index is -0.643. The number of aromatic nitrogens is 2. The summed E-state index contributed by atoms with van der Waals surface area (Å²) in [5.74, 6) is -0.440. The summed E-state index contributed by atoms with van der Waals surface area (Å²) in [5.41, 5.74) is 2.49. The molecule has 2 aromatic rings. The van der Waals surface area contributed by atoms with Crippen LogP contribution in [-0.4, -0.2) is 42.1 Å². The molecule has 7 heteroatoms. The van der Waals surface area contributed by atoms with Crippen molar-refractivity contribution in [2.45, 2.75) is 38.5 Å². The van der Waals surface area contributed by atoms with Crippen LogP contribution in [0.3, 0.4) is 0 Å². The first kappa shape index (κ1) is 21.0. The van der Waals surface area contributed by atoms with Gasteiger partial charge in [0.05, 0.1) is 30.7 Å². The normalized spacial score (nSPS) is 29.8. The van der Waals surface area contributed by atoms with Crippen molar-refractivity contribution in [3.63, 3.8) is 0 Å². The number of benzene rings is 1. The van der Waals surface area contributed by atoms with Crippen LogP contribution in [0.15, 0.2) is 24.3 Å². The number of ether oxygens (including phenoxy) is 1. The summed E-state index contributed by atoms with van der Waals surface area (Å²) in [4.78, 5) is 24.8. The minimum Gasteiger partial charge on any atom is -0.378 e.